The third kappa shape index (κ3) is 1.81. The SMILES string of the molecule is Cc1nnc(N=NC2=C(O)c3ccccc3C2=O)[nH]1. The minimum Gasteiger partial charge on any atom is -0.505 e. The van der Waals surface area contributed by atoms with E-state index in [-0.39, 0.29) is 23.2 Å². The number of carbonyl (C=O) groups is 1. The lowest BCUT2D eigenvalue weighted by Crippen LogP contribution is -1.95. The number of benzene rings is 1. The van der Waals surface area contributed by atoms with E-state index in [1.54, 1.807) is 31.2 Å². The number of azo groups is 1. The molecule has 1 aromatic heterocycles. The Labute approximate surface area is 107 Å². The van der Waals surface area contributed by atoms with Crippen LogP contribution in [0.3, 0.4) is 0 Å². The van der Waals surface area contributed by atoms with E-state index in [0.29, 0.717) is 17.0 Å². The first-order chi connectivity index (χ1) is 9.16. The normalized spacial score (nSPS) is 14.5. The van der Waals surface area contributed by atoms with Crippen molar-refractivity contribution in [3.63, 3.8) is 0 Å². The number of hydrogen-bond acceptors (Lipinski definition) is 6. The van der Waals surface area contributed by atoms with E-state index in [9.17, 15) is 9.90 Å². The van der Waals surface area contributed by atoms with E-state index in [2.05, 4.69) is 25.4 Å². The monoisotopic (exact) mass is 255 g/mol. The Morgan fingerprint density at radius 1 is 1.16 bits per heavy atom. The fourth-order valence-electron chi connectivity index (χ4n) is 1.82. The van der Waals surface area contributed by atoms with E-state index < -0.39 is 0 Å². The Balaban J connectivity index is 1.97. The number of rotatable bonds is 2. The Morgan fingerprint density at radius 2 is 1.89 bits per heavy atom. The molecule has 0 spiro atoms. The molecular weight excluding hydrogens is 246 g/mol. The van der Waals surface area contributed by atoms with Gasteiger partial charge in [0.2, 0.25) is 5.78 Å². The van der Waals surface area contributed by atoms with Crippen molar-refractivity contribution >= 4 is 17.5 Å². The summed E-state index contributed by atoms with van der Waals surface area (Å²) in [7, 11) is 0. The van der Waals surface area contributed by atoms with Crippen LogP contribution in [0.1, 0.15) is 21.7 Å². The summed E-state index contributed by atoms with van der Waals surface area (Å²) in [5, 5.41) is 24.9. The van der Waals surface area contributed by atoms with Gasteiger partial charge in [-0.1, -0.05) is 24.3 Å². The molecule has 0 radical (unpaired) electrons. The predicted octanol–water partition coefficient (Wildman–Crippen LogP) is 2.32. The lowest BCUT2D eigenvalue weighted by molar-refractivity contribution is 0.103. The average Bonchev–Trinajstić information content (AvgIpc) is 2.93. The van der Waals surface area contributed by atoms with E-state index in [1.165, 1.54) is 0 Å². The van der Waals surface area contributed by atoms with Gasteiger partial charge in [0.15, 0.2) is 11.5 Å². The number of nitrogens with one attached hydrogen (secondary N) is 1. The van der Waals surface area contributed by atoms with Gasteiger partial charge in [0.25, 0.3) is 5.95 Å². The smallest absolute Gasteiger partial charge is 0.267 e. The summed E-state index contributed by atoms with van der Waals surface area (Å²) >= 11 is 0. The van der Waals surface area contributed by atoms with Crippen LogP contribution in [0.4, 0.5) is 5.95 Å². The first kappa shape index (κ1) is 11.3. The summed E-state index contributed by atoms with van der Waals surface area (Å²) in [6.45, 7) is 1.72. The van der Waals surface area contributed by atoms with Crippen LogP contribution in [0.25, 0.3) is 5.76 Å². The van der Waals surface area contributed by atoms with E-state index in [4.69, 9.17) is 0 Å². The number of fused-ring (bicyclic) bond motifs is 1. The highest BCUT2D eigenvalue weighted by Gasteiger charge is 2.29. The number of nitrogens with zero attached hydrogens (tertiary/aromatic N) is 4. The van der Waals surface area contributed by atoms with Crippen molar-refractivity contribution in [2.45, 2.75) is 6.92 Å². The van der Waals surface area contributed by atoms with Crippen molar-refractivity contribution in [3.05, 3.63) is 46.9 Å². The molecule has 7 heteroatoms. The van der Waals surface area contributed by atoms with Gasteiger partial charge in [0.1, 0.15) is 5.82 Å². The predicted molar refractivity (Wildman–Crippen MR) is 66.0 cm³/mol. The Morgan fingerprint density at radius 3 is 2.53 bits per heavy atom. The first-order valence-corrected chi connectivity index (χ1v) is 5.55. The number of aliphatic hydroxyl groups excluding tert-OH is 1. The topological polar surface area (TPSA) is 104 Å². The van der Waals surface area contributed by atoms with Crippen molar-refractivity contribution in [1.82, 2.24) is 15.2 Å². The molecule has 0 bridgehead atoms. The third-order valence-corrected chi connectivity index (χ3v) is 2.70. The second-order valence-corrected chi connectivity index (χ2v) is 4.01. The quantitative estimate of drug-likeness (QED) is 0.803. The average molecular weight is 255 g/mol. The van der Waals surface area contributed by atoms with Crippen LogP contribution in [0.2, 0.25) is 0 Å². The number of allylic oxidation sites excluding steroid dienone is 1. The highest BCUT2D eigenvalue weighted by atomic mass is 16.3. The fraction of sp³-hybridized carbons (Fsp3) is 0.0833. The molecule has 0 atom stereocenters. The van der Waals surface area contributed by atoms with Gasteiger partial charge in [-0.05, 0) is 6.92 Å². The van der Waals surface area contributed by atoms with Crippen molar-refractivity contribution < 1.29 is 9.90 Å². The minimum atomic E-state index is -0.354. The van der Waals surface area contributed by atoms with Crippen molar-refractivity contribution in [2.75, 3.05) is 0 Å². The number of hydrogen-bond donors (Lipinski definition) is 2. The fourth-order valence-corrected chi connectivity index (χ4v) is 1.82. The highest BCUT2D eigenvalue weighted by Crippen LogP contribution is 2.31. The third-order valence-electron chi connectivity index (χ3n) is 2.70. The highest BCUT2D eigenvalue weighted by molar-refractivity contribution is 6.19. The molecule has 1 aromatic carbocycles. The lowest BCUT2D eigenvalue weighted by Gasteiger charge is -1.94. The number of aromatic amines is 1. The zero-order chi connectivity index (χ0) is 13.4. The van der Waals surface area contributed by atoms with Gasteiger partial charge in [-0.15, -0.1) is 20.4 Å². The van der Waals surface area contributed by atoms with E-state index in [1.807, 2.05) is 0 Å². The second kappa shape index (κ2) is 4.13. The van der Waals surface area contributed by atoms with Gasteiger partial charge in [-0.25, -0.2) is 0 Å². The summed E-state index contributed by atoms with van der Waals surface area (Å²) in [5.41, 5.74) is 0.799. The van der Waals surface area contributed by atoms with Gasteiger partial charge in [0.05, 0.1) is 0 Å². The van der Waals surface area contributed by atoms with Crippen molar-refractivity contribution in [1.29, 1.82) is 0 Å². The number of H-pyrrole nitrogens is 1. The molecule has 0 amide bonds. The summed E-state index contributed by atoms with van der Waals surface area (Å²) < 4.78 is 0. The van der Waals surface area contributed by atoms with E-state index in [0.717, 1.165) is 0 Å². The van der Waals surface area contributed by atoms with Gasteiger partial charge in [-0.2, -0.15) is 0 Å². The first-order valence-electron chi connectivity index (χ1n) is 5.55. The van der Waals surface area contributed by atoms with Crippen LogP contribution < -0.4 is 0 Å². The molecule has 94 valence electrons. The molecule has 7 nitrogen and oxygen atoms in total. The summed E-state index contributed by atoms with van der Waals surface area (Å²) in [5.74, 6) is 0.253. The molecule has 0 aliphatic heterocycles. The van der Waals surface area contributed by atoms with Gasteiger partial charge in [0, 0.05) is 11.1 Å². The van der Waals surface area contributed by atoms with Crippen molar-refractivity contribution in [2.24, 2.45) is 10.2 Å². The Hall–Kier alpha value is -2.83. The zero-order valence-electron chi connectivity index (χ0n) is 9.95. The van der Waals surface area contributed by atoms with Crippen molar-refractivity contribution in [3.8, 4) is 0 Å². The molecular formula is C12H9N5O2. The maximum Gasteiger partial charge on any atom is 0.267 e. The second-order valence-electron chi connectivity index (χ2n) is 4.01. The number of aryl methyl sites for hydroxylation is 1. The summed E-state index contributed by atoms with van der Waals surface area (Å²) in [6, 6.07) is 6.75. The zero-order valence-corrected chi connectivity index (χ0v) is 9.95. The number of carbonyl (C=O) groups excluding carboxylic acids is 1. The summed E-state index contributed by atoms with van der Waals surface area (Å²) in [6.07, 6.45) is 0. The maximum atomic E-state index is 12.0. The maximum absolute atomic E-state index is 12.0. The molecule has 1 aliphatic carbocycles. The van der Waals surface area contributed by atoms with Gasteiger partial charge in [-0.3, -0.25) is 4.79 Å². The van der Waals surface area contributed by atoms with Crippen LogP contribution in [0.5, 0.6) is 0 Å². The minimum absolute atomic E-state index is 0.0877. The molecule has 19 heavy (non-hydrogen) atoms. The molecule has 0 fully saturated rings. The van der Waals surface area contributed by atoms with Crippen LogP contribution in [0.15, 0.2) is 40.2 Å². The number of ketones is 1. The van der Waals surface area contributed by atoms with Gasteiger partial charge >= 0.3 is 0 Å². The molecule has 2 N–H and O–H groups in total. The lowest BCUT2D eigenvalue weighted by atomic mass is 10.1. The molecule has 1 heterocycles. The summed E-state index contributed by atoms with van der Waals surface area (Å²) in [4.78, 5) is 14.8. The van der Waals surface area contributed by atoms with E-state index >= 15 is 0 Å². The largest absolute Gasteiger partial charge is 0.505 e. The molecule has 0 saturated carbocycles. The standard InChI is InChI=1S/C12H9N5O2/c1-6-13-12(16-14-6)17-15-9-10(18)7-4-2-3-5-8(7)11(9)19/h2-5,18H,1H3,(H,13,14,16). The number of aromatic nitrogens is 3. The van der Waals surface area contributed by atoms with Gasteiger partial charge < -0.3 is 10.1 Å². The molecule has 1 aliphatic rings. The molecule has 2 aromatic rings. The van der Waals surface area contributed by atoms with Crippen LogP contribution in [-0.2, 0) is 0 Å². The Kier molecular flexibility index (Phi) is 2.45. The number of Topliss-reactive ketones (excluding diaryl/α,β-unsaturated/α-hetero) is 1. The number of aliphatic hydroxyl groups is 1. The molecule has 3 rings (SSSR count). The van der Waals surface area contributed by atoms with Crippen LogP contribution in [-0.4, -0.2) is 26.1 Å². The molecule has 0 saturated heterocycles. The Bertz CT molecular complexity index is 729. The van der Waals surface area contributed by atoms with Crippen LogP contribution >= 0.6 is 0 Å². The molecule has 0 unspecified atom stereocenters. The van der Waals surface area contributed by atoms with Crippen LogP contribution in [0, 0.1) is 6.92 Å².